The highest BCUT2D eigenvalue weighted by atomic mass is 16.5. The van der Waals surface area contributed by atoms with Gasteiger partial charge in [-0.05, 0) is 48.3 Å². The second-order valence-corrected chi connectivity index (χ2v) is 10.1. The fraction of sp³-hybridized carbons (Fsp3) is 0.219. The van der Waals surface area contributed by atoms with Crippen LogP contribution >= 0.6 is 0 Å². The molecule has 0 aromatic heterocycles. The van der Waals surface area contributed by atoms with Crippen LogP contribution in [0.3, 0.4) is 0 Å². The van der Waals surface area contributed by atoms with E-state index in [0.717, 1.165) is 22.3 Å². The molecule has 2 aliphatic carbocycles. The van der Waals surface area contributed by atoms with Crippen molar-refractivity contribution in [3.63, 3.8) is 0 Å². The Morgan fingerprint density at radius 2 is 1.22 bits per heavy atom. The zero-order valence-corrected chi connectivity index (χ0v) is 21.0. The van der Waals surface area contributed by atoms with Crippen LogP contribution < -0.4 is 4.90 Å². The highest BCUT2D eigenvalue weighted by Gasteiger charge is 2.62. The van der Waals surface area contributed by atoms with Gasteiger partial charge in [-0.2, -0.15) is 0 Å². The van der Waals surface area contributed by atoms with Crippen LogP contribution in [0, 0.1) is 37.5 Å². The minimum absolute atomic E-state index is 0.181. The van der Waals surface area contributed by atoms with E-state index < -0.39 is 17.8 Å². The summed E-state index contributed by atoms with van der Waals surface area (Å²) >= 11 is 0. The summed E-state index contributed by atoms with van der Waals surface area (Å²) in [6, 6.07) is 23.5. The van der Waals surface area contributed by atoms with E-state index >= 15 is 0 Å². The number of allylic oxidation sites excluding steroid dienone is 3. The number of methoxy groups -OCH3 is 1. The Bertz CT molecular complexity index is 1410. The minimum Gasteiger partial charge on any atom is -0.465 e. The Morgan fingerprint density at radius 3 is 1.70 bits per heavy atom. The van der Waals surface area contributed by atoms with Gasteiger partial charge in [0.15, 0.2) is 0 Å². The number of rotatable bonds is 4. The SMILES string of the molecule is COC(=O)c1ccccc1N1C(=O)[C@@H]2[C@@H](C1=O)[C@H]1C=C[C@@H]2C1=C(c1ccc(C)cc1)c1ccc(C)cc1. The summed E-state index contributed by atoms with van der Waals surface area (Å²) < 4.78 is 4.91. The number of ether oxygens (including phenoxy) is 1. The lowest BCUT2D eigenvalue weighted by Crippen LogP contribution is -2.34. The molecule has 6 rings (SSSR count). The molecule has 2 fully saturated rings. The van der Waals surface area contributed by atoms with Crippen molar-refractivity contribution in [1.29, 1.82) is 0 Å². The van der Waals surface area contributed by atoms with Crippen LogP contribution in [0.1, 0.15) is 32.6 Å². The number of amides is 2. The molecule has 3 aromatic rings. The van der Waals surface area contributed by atoms with Crippen molar-refractivity contribution in [3.8, 4) is 0 Å². The predicted molar refractivity (Wildman–Crippen MR) is 142 cm³/mol. The second kappa shape index (κ2) is 8.70. The highest BCUT2D eigenvalue weighted by molar-refractivity contribution is 6.25. The van der Waals surface area contributed by atoms with Crippen LogP contribution in [-0.4, -0.2) is 24.9 Å². The van der Waals surface area contributed by atoms with Gasteiger partial charge in [-0.15, -0.1) is 0 Å². The lowest BCUT2D eigenvalue weighted by Gasteiger charge is -2.22. The van der Waals surface area contributed by atoms with E-state index in [4.69, 9.17) is 4.74 Å². The van der Waals surface area contributed by atoms with E-state index in [2.05, 4.69) is 74.5 Å². The molecule has 2 amide bonds. The van der Waals surface area contributed by atoms with Crippen molar-refractivity contribution in [2.75, 3.05) is 12.0 Å². The number of imide groups is 1. The Labute approximate surface area is 216 Å². The van der Waals surface area contributed by atoms with Crippen molar-refractivity contribution in [1.82, 2.24) is 0 Å². The monoisotopic (exact) mass is 489 g/mol. The highest BCUT2D eigenvalue weighted by Crippen LogP contribution is 2.59. The van der Waals surface area contributed by atoms with Gasteiger partial charge in [-0.25, -0.2) is 9.69 Å². The third-order valence-corrected chi connectivity index (χ3v) is 7.94. The molecule has 5 nitrogen and oxygen atoms in total. The average Bonchev–Trinajstić information content (AvgIpc) is 3.55. The first-order valence-corrected chi connectivity index (χ1v) is 12.5. The minimum atomic E-state index is -0.573. The molecule has 3 aromatic carbocycles. The van der Waals surface area contributed by atoms with Gasteiger partial charge < -0.3 is 4.74 Å². The summed E-state index contributed by atoms with van der Waals surface area (Å²) in [6.45, 7) is 4.12. The molecule has 184 valence electrons. The second-order valence-electron chi connectivity index (χ2n) is 10.1. The maximum atomic E-state index is 13.9. The van der Waals surface area contributed by atoms with Gasteiger partial charge in [-0.1, -0.05) is 83.9 Å². The molecular weight excluding hydrogens is 462 g/mol. The van der Waals surface area contributed by atoms with Crippen molar-refractivity contribution >= 4 is 29.0 Å². The number of esters is 1. The Morgan fingerprint density at radius 1 is 0.730 bits per heavy atom. The summed E-state index contributed by atoms with van der Waals surface area (Å²) in [5.41, 5.74) is 7.23. The third-order valence-electron chi connectivity index (χ3n) is 7.94. The summed E-state index contributed by atoms with van der Waals surface area (Å²) in [5, 5.41) is 0. The molecule has 3 aliphatic rings. The fourth-order valence-corrected chi connectivity index (χ4v) is 6.23. The first-order chi connectivity index (χ1) is 17.9. The molecule has 1 saturated heterocycles. The lowest BCUT2D eigenvalue weighted by molar-refractivity contribution is -0.122. The van der Waals surface area contributed by atoms with Gasteiger partial charge in [0.1, 0.15) is 0 Å². The Kier molecular flexibility index (Phi) is 5.45. The van der Waals surface area contributed by atoms with Crippen molar-refractivity contribution in [2.45, 2.75) is 13.8 Å². The van der Waals surface area contributed by atoms with E-state index in [0.29, 0.717) is 5.69 Å². The quantitative estimate of drug-likeness (QED) is 0.275. The molecule has 1 heterocycles. The third kappa shape index (κ3) is 3.49. The number of anilines is 1. The average molecular weight is 490 g/mol. The molecule has 1 aliphatic heterocycles. The first kappa shape index (κ1) is 23.2. The van der Waals surface area contributed by atoms with Gasteiger partial charge >= 0.3 is 5.97 Å². The molecule has 0 unspecified atom stereocenters. The molecule has 0 radical (unpaired) electrons. The molecular formula is C32H27NO4. The Hall–Kier alpha value is -4.25. The fourth-order valence-electron chi connectivity index (χ4n) is 6.23. The zero-order valence-electron chi connectivity index (χ0n) is 21.0. The van der Waals surface area contributed by atoms with E-state index in [1.165, 1.54) is 23.1 Å². The summed E-state index contributed by atoms with van der Waals surface area (Å²) in [5.74, 6) is -2.43. The maximum Gasteiger partial charge on any atom is 0.339 e. The predicted octanol–water partition coefficient (Wildman–Crippen LogP) is 5.51. The molecule has 37 heavy (non-hydrogen) atoms. The van der Waals surface area contributed by atoms with Crippen molar-refractivity contribution < 1.29 is 19.1 Å². The van der Waals surface area contributed by atoms with Gasteiger partial charge in [0, 0.05) is 11.8 Å². The standard InChI is InChI=1S/C32H27NO4/c1-18-8-12-20(13-9-18)26(21-14-10-19(2)11-15-21)27-23-16-17-24(27)29-28(23)30(34)33(31(29)35)25-7-5-4-6-22(25)32(36)37-3/h4-17,23-24,28-29H,1-3H3/t23-,24+,28-,29-/m0/s1. The van der Waals surface area contributed by atoms with Crippen molar-refractivity contribution in [2.24, 2.45) is 23.7 Å². The first-order valence-electron chi connectivity index (χ1n) is 12.5. The summed E-state index contributed by atoms with van der Waals surface area (Å²) in [4.78, 5) is 41.4. The van der Waals surface area contributed by atoms with Crippen LogP contribution in [-0.2, 0) is 14.3 Å². The van der Waals surface area contributed by atoms with Gasteiger partial charge in [-0.3, -0.25) is 9.59 Å². The van der Waals surface area contributed by atoms with E-state index in [9.17, 15) is 14.4 Å². The number of aryl methyl sites for hydroxylation is 2. The zero-order chi connectivity index (χ0) is 25.8. The van der Waals surface area contributed by atoms with Crippen LogP contribution in [0.25, 0.3) is 5.57 Å². The lowest BCUT2D eigenvalue weighted by atomic mass is 9.85. The van der Waals surface area contributed by atoms with Crippen LogP contribution in [0.4, 0.5) is 5.69 Å². The number of para-hydroxylation sites is 1. The number of nitrogens with zero attached hydrogens (tertiary/aromatic N) is 1. The largest absolute Gasteiger partial charge is 0.465 e. The van der Waals surface area contributed by atoms with Crippen LogP contribution in [0.5, 0.6) is 0 Å². The van der Waals surface area contributed by atoms with Crippen LogP contribution in [0.2, 0.25) is 0 Å². The number of carbonyl (C=O) groups is 3. The number of hydrogen-bond donors (Lipinski definition) is 0. The summed E-state index contributed by atoms with van der Waals surface area (Å²) in [7, 11) is 1.29. The topological polar surface area (TPSA) is 63.7 Å². The summed E-state index contributed by atoms with van der Waals surface area (Å²) in [6.07, 6.45) is 4.18. The normalized spacial score (nSPS) is 23.5. The molecule has 0 N–H and O–H groups in total. The Balaban J connectivity index is 1.48. The molecule has 0 spiro atoms. The van der Waals surface area contributed by atoms with Crippen LogP contribution in [0.15, 0.2) is 90.5 Å². The van der Waals surface area contributed by atoms with Gasteiger partial charge in [0.05, 0.1) is 30.2 Å². The molecule has 4 atom stereocenters. The number of benzene rings is 3. The molecule has 2 bridgehead atoms. The molecule has 5 heteroatoms. The number of fused-ring (bicyclic) bond motifs is 5. The van der Waals surface area contributed by atoms with Crippen molar-refractivity contribution in [3.05, 3.63) is 118 Å². The van der Waals surface area contributed by atoms with E-state index in [1.807, 2.05) is 0 Å². The van der Waals surface area contributed by atoms with Gasteiger partial charge in [0.2, 0.25) is 11.8 Å². The smallest absolute Gasteiger partial charge is 0.339 e. The van der Waals surface area contributed by atoms with E-state index in [-0.39, 0.29) is 29.2 Å². The maximum absolute atomic E-state index is 13.9. The molecule has 1 saturated carbocycles. The van der Waals surface area contributed by atoms with E-state index in [1.54, 1.807) is 24.3 Å². The van der Waals surface area contributed by atoms with Gasteiger partial charge in [0.25, 0.3) is 0 Å². The number of carbonyl (C=O) groups excluding carboxylic acids is 3. The number of hydrogen-bond acceptors (Lipinski definition) is 4.